The van der Waals surface area contributed by atoms with E-state index in [0.717, 1.165) is 18.5 Å². The van der Waals surface area contributed by atoms with E-state index >= 15 is 0 Å². The zero-order valence-corrected chi connectivity index (χ0v) is 12.0. The Morgan fingerprint density at radius 2 is 1.94 bits per heavy atom. The van der Waals surface area contributed by atoms with Crippen molar-refractivity contribution in [2.75, 3.05) is 11.9 Å². The quantitative estimate of drug-likeness (QED) is 0.862. The molecule has 2 nitrogen and oxygen atoms in total. The van der Waals surface area contributed by atoms with E-state index in [1.807, 2.05) is 13.1 Å². The molecule has 0 aromatic heterocycles. The highest BCUT2D eigenvalue weighted by Gasteiger charge is 2.17. The fourth-order valence-corrected chi connectivity index (χ4v) is 2.17. The van der Waals surface area contributed by atoms with Crippen molar-refractivity contribution in [3.05, 3.63) is 29.1 Å². The molecule has 0 bridgehead atoms. The summed E-state index contributed by atoms with van der Waals surface area (Å²) >= 11 is 0. The van der Waals surface area contributed by atoms with Crippen molar-refractivity contribution in [1.82, 2.24) is 0 Å². The third-order valence-corrected chi connectivity index (χ3v) is 3.51. The Bertz CT molecular complexity index is 404. The van der Waals surface area contributed by atoms with Gasteiger partial charge in [-0.3, -0.25) is 0 Å². The zero-order valence-electron chi connectivity index (χ0n) is 12.0. The van der Waals surface area contributed by atoms with Crippen molar-refractivity contribution in [2.45, 2.75) is 52.7 Å². The van der Waals surface area contributed by atoms with Gasteiger partial charge in [-0.2, -0.15) is 0 Å². The molecule has 102 valence electrons. The van der Waals surface area contributed by atoms with Crippen molar-refractivity contribution in [3.63, 3.8) is 0 Å². The van der Waals surface area contributed by atoms with Crippen LogP contribution in [0.15, 0.2) is 12.1 Å². The van der Waals surface area contributed by atoms with Crippen molar-refractivity contribution < 1.29 is 9.50 Å². The standard InChI is InChI=1S/C15H24FNO/c1-6-7-11(3)17(5)15-8-10(2)14(16)9-13(15)12(4)18/h8-9,11-12,18H,6-7H2,1-5H3/t11?,12-/m0/s1. The van der Waals surface area contributed by atoms with Gasteiger partial charge in [-0.25, -0.2) is 4.39 Å². The molecular weight excluding hydrogens is 229 g/mol. The Kier molecular flexibility index (Phi) is 5.15. The van der Waals surface area contributed by atoms with E-state index in [0.29, 0.717) is 17.2 Å². The van der Waals surface area contributed by atoms with Gasteiger partial charge in [0.2, 0.25) is 0 Å². The van der Waals surface area contributed by atoms with Crippen LogP contribution in [0.1, 0.15) is 50.8 Å². The van der Waals surface area contributed by atoms with Gasteiger partial charge < -0.3 is 10.0 Å². The first-order chi connectivity index (χ1) is 8.38. The summed E-state index contributed by atoms with van der Waals surface area (Å²) in [5, 5.41) is 9.79. The molecule has 0 fully saturated rings. The molecule has 0 radical (unpaired) electrons. The number of aliphatic hydroxyl groups excluding tert-OH is 1. The van der Waals surface area contributed by atoms with E-state index in [1.54, 1.807) is 13.8 Å². The normalized spacial score (nSPS) is 14.4. The number of hydrogen-bond donors (Lipinski definition) is 1. The molecule has 0 spiro atoms. The van der Waals surface area contributed by atoms with Crippen LogP contribution in [0.5, 0.6) is 0 Å². The molecule has 0 amide bonds. The summed E-state index contributed by atoms with van der Waals surface area (Å²) < 4.78 is 13.6. The lowest BCUT2D eigenvalue weighted by Gasteiger charge is -2.30. The number of anilines is 1. The summed E-state index contributed by atoms with van der Waals surface area (Å²) in [6.07, 6.45) is 1.52. The molecule has 0 saturated heterocycles. The van der Waals surface area contributed by atoms with Gasteiger partial charge in [0.1, 0.15) is 5.82 Å². The van der Waals surface area contributed by atoms with Crippen LogP contribution >= 0.6 is 0 Å². The highest BCUT2D eigenvalue weighted by Crippen LogP contribution is 2.30. The van der Waals surface area contributed by atoms with Crippen molar-refractivity contribution >= 4 is 5.69 Å². The molecule has 0 heterocycles. The summed E-state index contributed by atoms with van der Waals surface area (Å²) in [7, 11) is 2.00. The number of aryl methyl sites for hydroxylation is 1. The van der Waals surface area contributed by atoms with E-state index in [9.17, 15) is 9.50 Å². The summed E-state index contributed by atoms with van der Waals surface area (Å²) in [6, 6.07) is 3.64. The van der Waals surface area contributed by atoms with E-state index in [1.165, 1.54) is 6.07 Å². The van der Waals surface area contributed by atoms with Crippen molar-refractivity contribution in [1.29, 1.82) is 0 Å². The molecule has 1 unspecified atom stereocenters. The SMILES string of the molecule is CCCC(C)N(C)c1cc(C)c(F)cc1[C@H](C)O. The second kappa shape index (κ2) is 6.19. The topological polar surface area (TPSA) is 23.5 Å². The van der Waals surface area contributed by atoms with E-state index in [4.69, 9.17) is 0 Å². The number of benzene rings is 1. The Labute approximate surface area is 109 Å². The number of aliphatic hydroxyl groups is 1. The second-order valence-corrected chi connectivity index (χ2v) is 5.08. The summed E-state index contributed by atoms with van der Waals surface area (Å²) in [6.45, 7) is 7.72. The van der Waals surface area contributed by atoms with Gasteiger partial charge >= 0.3 is 0 Å². The molecule has 1 rings (SSSR count). The molecule has 0 aliphatic heterocycles. The average Bonchev–Trinajstić information content (AvgIpc) is 2.31. The van der Waals surface area contributed by atoms with Gasteiger partial charge in [-0.1, -0.05) is 13.3 Å². The molecule has 1 N–H and O–H groups in total. The van der Waals surface area contributed by atoms with Crippen LogP contribution < -0.4 is 4.90 Å². The summed E-state index contributed by atoms with van der Waals surface area (Å²) in [5.41, 5.74) is 2.19. The fourth-order valence-electron chi connectivity index (χ4n) is 2.17. The predicted molar refractivity (Wildman–Crippen MR) is 74.5 cm³/mol. The van der Waals surface area contributed by atoms with Crippen molar-refractivity contribution in [2.24, 2.45) is 0 Å². The molecule has 0 aliphatic rings. The first-order valence-electron chi connectivity index (χ1n) is 6.59. The maximum atomic E-state index is 13.6. The summed E-state index contributed by atoms with van der Waals surface area (Å²) in [4.78, 5) is 2.12. The van der Waals surface area contributed by atoms with Crippen LogP contribution in [-0.2, 0) is 0 Å². The van der Waals surface area contributed by atoms with Gasteiger partial charge in [0.05, 0.1) is 6.10 Å². The van der Waals surface area contributed by atoms with Gasteiger partial charge in [0.15, 0.2) is 0 Å². The molecule has 0 saturated carbocycles. The largest absolute Gasteiger partial charge is 0.389 e. The number of hydrogen-bond acceptors (Lipinski definition) is 2. The first kappa shape index (κ1) is 15.0. The first-order valence-corrected chi connectivity index (χ1v) is 6.59. The van der Waals surface area contributed by atoms with Crippen LogP contribution in [0.4, 0.5) is 10.1 Å². The molecule has 1 aromatic rings. The van der Waals surface area contributed by atoms with E-state index < -0.39 is 6.10 Å². The van der Waals surface area contributed by atoms with Crippen LogP contribution in [-0.4, -0.2) is 18.2 Å². The third kappa shape index (κ3) is 3.22. The lowest BCUT2D eigenvalue weighted by Crippen LogP contribution is -2.29. The van der Waals surface area contributed by atoms with Crippen LogP contribution in [0.2, 0.25) is 0 Å². The lowest BCUT2D eigenvalue weighted by molar-refractivity contribution is 0.199. The average molecular weight is 253 g/mol. The maximum absolute atomic E-state index is 13.6. The fraction of sp³-hybridized carbons (Fsp3) is 0.600. The van der Waals surface area contributed by atoms with Gasteiger partial charge in [-0.15, -0.1) is 0 Å². The predicted octanol–water partition coefficient (Wildman–Crippen LogP) is 3.81. The monoisotopic (exact) mass is 253 g/mol. The van der Waals surface area contributed by atoms with E-state index in [2.05, 4.69) is 18.7 Å². The second-order valence-electron chi connectivity index (χ2n) is 5.08. The van der Waals surface area contributed by atoms with E-state index in [-0.39, 0.29) is 5.82 Å². The Balaban J connectivity index is 3.17. The van der Waals surface area contributed by atoms with Gasteiger partial charge in [0.25, 0.3) is 0 Å². The molecule has 2 atom stereocenters. The Morgan fingerprint density at radius 1 is 1.33 bits per heavy atom. The molecule has 3 heteroatoms. The van der Waals surface area contributed by atoms with Gasteiger partial charge in [0, 0.05) is 24.3 Å². The number of nitrogens with zero attached hydrogens (tertiary/aromatic N) is 1. The Hall–Kier alpha value is -1.09. The highest BCUT2D eigenvalue weighted by molar-refractivity contribution is 5.56. The molecule has 18 heavy (non-hydrogen) atoms. The molecular formula is C15H24FNO. The summed E-state index contributed by atoms with van der Waals surface area (Å²) in [5.74, 6) is -0.258. The molecule has 1 aromatic carbocycles. The minimum Gasteiger partial charge on any atom is -0.389 e. The lowest BCUT2D eigenvalue weighted by atomic mass is 10.0. The zero-order chi connectivity index (χ0) is 13.9. The third-order valence-electron chi connectivity index (χ3n) is 3.51. The highest BCUT2D eigenvalue weighted by atomic mass is 19.1. The van der Waals surface area contributed by atoms with Crippen LogP contribution in [0.3, 0.4) is 0 Å². The molecule has 0 aliphatic carbocycles. The van der Waals surface area contributed by atoms with Crippen molar-refractivity contribution in [3.8, 4) is 0 Å². The number of halogens is 1. The smallest absolute Gasteiger partial charge is 0.126 e. The Morgan fingerprint density at radius 3 is 2.44 bits per heavy atom. The minimum absolute atomic E-state index is 0.258. The number of rotatable bonds is 5. The maximum Gasteiger partial charge on any atom is 0.126 e. The van der Waals surface area contributed by atoms with Crippen LogP contribution in [0, 0.1) is 12.7 Å². The van der Waals surface area contributed by atoms with Gasteiger partial charge in [-0.05, 0) is 44.9 Å². The van der Waals surface area contributed by atoms with Crippen LogP contribution in [0.25, 0.3) is 0 Å². The minimum atomic E-state index is -0.661.